The van der Waals surface area contributed by atoms with Gasteiger partial charge in [0.15, 0.2) is 5.69 Å². The van der Waals surface area contributed by atoms with E-state index < -0.39 is 10.0 Å². The lowest BCUT2D eigenvalue weighted by molar-refractivity contribution is 0.0784. The molecule has 23 heavy (non-hydrogen) atoms. The fraction of sp³-hybridized carbons (Fsp3) is 0.733. The molecular weight excluding hydrogens is 316 g/mol. The van der Waals surface area contributed by atoms with Gasteiger partial charge in [-0.15, -0.1) is 0 Å². The highest BCUT2D eigenvalue weighted by Gasteiger charge is 2.33. The second kappa shape index (κ2) is 6.24. The first-order valence-corrected chi connectivity index (χ1v) is 9.87. The Bertz CT molecular complexity index is 705. The predicted molar refractivity (Wildman–Crippen MR) is 86.5 cm³/mol. The quantitative estimate of drug-likeness (QED) is 0.811. The molecular formula is C15H24N4O3S. The molecule has 1 aromatic heterocycles. The smallest absolute Gasteiger partial charge is 0.274 e. The summed E-state index contributed by atoms with van der Waals surface area (Å²) in [6, 6.07) is 0. The average Bonchev–Trinajstić information content (AvgIpc) is 3.15. The highest BCUT2D eigenvalue weighted by molar-refractivity contribution is 7.89. The van der Waals surface area contributed by atoms with Crippen LogP contribution in [0, 0.1) is 0 Å². The summed E-state index contributed by atoms with van der Waals surface area (Å²) in [5, 5.41) is 4.40. The van der Waals surface area contributed by atoms with E-state index in [4.69, 9.17) is 0 Å². The van der Waals surface area contributed by atoms with Gasteiger partial charge in [0.05, 0.1) is 5.75 Å². The van der Waals surface area contributed by atoms with Gasteiger partial charge in [0.25, 0.3) is 5.91 Å². The van der Waals surface area contributed by atoms with Gasteiger partial charge in [-0.25, -0.2) is 8.42 Å². The number of hydrogen-bond donors (Lipinski definition) is 0. The van der Waals surface area contributed by atoms with Gasteiger partial charge in [-0.2, -0.15) is 9.40 Å². The zero-order valence-corrected chi connectivity index (χ0v) is 14.6. The molecule has 3 rings (SSSR count). The van der Waals surface area contributed by atoms with Gasteiger partial charge in [-0.3, -0.25) is 9.48 Å². The van der Waals surface area contributed by atoms with Gasteiger partial charge in [-0.05, 0) is 19.3 Å². The first-order valence-electron chi connectivity index (χ1n) is 8.26. The Labute approximate surface area is 137 Å². The van der Waals surface area contributed by atoms with Crippen LogP contribution in [0.2, 0.25) is 0 Å². The number of likely N-dealkylation sites (tertiary alicyclic amines) is 1. The van der Waals surface area contributed by atoms with Crippen molar-refractivity contribution in [1.29, 1.82) is 0 Å². The summed E-state index contributed by atoms with van der Waals surface area (Å²) < 4.78 is 27.9. The van der Waals surface area contributed by atoms with Crippen molar-refractivity contribution in [3.8, 4) is 0 Å². The summed E-state index contributed by atoms with van der Waals surface area (Å²) in [5.41, 5.74) is 2.20. The van der Waals surface area contributed by atoms with Crippen molar-refractivity contribution in [3.63, 3.8) is 0 Å². The maximum absolute atomic E-state index is 12.7. The standard InChI is InChI=1S/C15H24N4O3S/c1-3-10-23(21,22)19-9-6-13-12(11-19)14(16-17(13)2)15(20)18-7-4-5-8-18/h3-11H2,1-2H3. The summed E-state index contributed by atoms with van der Waals surface area (Å²) in [6.07, 6.45) is 3.25. The number of carbonyl (C=O) groups excluding carboxylic acids is 1. The SMILES string of the molecule is CCCS(=O)(=O)N1CCc2c(c(C(=O)N3CCCC3)nn2C)C1. The zero-order chi connectivity index (χ0) is 16.6. The number of sulfonamides is 1. The third-order valence-corrected chi connectivity index (χ3v) is 6.68. The van der Waals surface area contributed by atoms with Crippen LogP contribution >= 0.6 is 0 Å². The fourth-order valence-corrected chi connectivity index (χ4v) is 4.90. The van der Waals surface area contributed by atoms with E-state index in [9.17, 15) is 13.2 Å². The molecule has 0 unspecified atom stereocenters. The minimum absolute atomic E-state index is 0.0610. The molecule has 0 bridgehead atoms. The molecule has 1 fully saturated rings. The predicted octanol–water partition coefficient (Wildman–Crippen LogP) is 0.754. The van der Waals surface area contributed by atoms with Crippen LogP contribution in [-0.4, -0.2) is 58.7 Å². The van der Waals surface area contributed by atoms with Gasteiger partial charge in [0.1, 0.15) is 0 Å². The Balaban J connectivity index is 1.90. The van der Waals surface area contributed by atoms with Crippen LogP contribution in [0.25, 0.3) is 0 Å². The molecule has 2 aliphatic rings. The van der Waals surface area contributed by atoms with Crippen LogP contribution in [0.15, 0.2) is 0 Å². The molecule has 128 valence electrons. The number of fused-ring (bicyclic) bond motifs is 1. The Hall–Kier alpha value is -1.41. The van der Waals surface area contributed by atoms with Crippen LogP contribution in [0.5, 0.6) is 0 Å². The number of aromatic nitrogens is 2. The minimum atomic E-state index is -3.26. The van der Waals surface area contributed by atoms with Gasteiger partial charge in [0, 0.05) is 50.9 Å². The van der Waals surface area contributed by atoms with Crippen LogP contribution < -0.4 is 0 Å². The molecule has 2 aliphatic heterocycles. The average molecular weight is 340 g/mol. The van der Waals surface area contributed by atoms with E-state index in [2.05, 4.69) is 5.10 Å². The normalized spacial score (nSPS) is 19.1. The minimum Gasteiger partial charge on any atom is -0.337 e. The Morgan fingerprint density at radius 2 is 1.91 bits per heavy atom. The summed E-state index contributed by atoms with van der Waals surface area (Å²) in [6.45, 7) is 4.12. The number of rotatable bonds is 4. The van der Waals surface area contributed by atoms with E-state index >= 15 is 0 Å². The summed E-state index contributed by atoms with van der Waals surface area (Å²) in [5.74, 6) is 0.0898. The van der Waals surface area contributed by atoms with Crippen molar-refractivity contribution >= 4 is 15.9 Å². The van der Waals surface area contributed by atoms with Gasteiger partial charge in [-0.1, -0.05) is 6.92 Å². The third kappa shape index (κ3) is 3.01. The lowest BCUT2D eigenvalue weighted by Crippen LogP contribution is -2.38. The summed E-state index contributed by atoms with van der Waals surface area (Å²) >= 11 is 0. The van der Waals surface area contributed by atoms with E-state index in [0.29, 0.717) is 25.1 Å². The van der Waals surface area contributed by atoms with E-state index in [1.165, 1.54) is 4.31 Å². The van der Waals surface area contributed by atoms with E-state index in [1.807, 2.05) is 18.9 Å². The van der Waals surface area contributed by atoms with E-state index in [1.54, 1.807) is 4.68 Å². The number of amides is 1. The number of nitrogens with zero attached hydrogens (tertiary/aromatic N) is 4. The summed E-state index contributed by atoms with van der Waals surface area (Å²) in [7, 11) is -1.43. The molecule has 0 aromatic carbocycles. The number of carbonyl (C=O) groups is 1. The molecule has 0 spiro atoms. The first-order chi connectivity index (χ1) is 10.9. The van der Waals surface area contributed by atoms with E-state index in [0.717, 1.165) is 37.2 Å². The first kappa shape index (κ1) is 16.4. The van der Waals surface area contributed by atoms with Crippen LogP contribution in [0.4, 0.5) is 0 Å². The van der Waals surface area contributed by atoms with Crippen molar-refractivity contribution < 1.29 is 13.2 Å². The van der Waals surface area contributed by atoms with Crippen molar-refractivity contribution in [2.75, 3.05) is 25.4 Å². The second-order valence-electron chi connectivity index (χ2n) is 6.30. The maximum atomic E-state index is 12.7. The zero-order valence-electron chi connectivity index (χ0n) is 13.8. The van der Waals surface area contributed by atoms with Gasteiger partial charge >= 0.3 is 0 Å². The molecule has 0 radical (unpaired) electrons. The second-order valence-corrected chi connectivity index (χ2v) is 8.38. The van der Waals surface area contributed by atoms with Gasteiger partial charge < -0.3 is 4.90 Å². The molecule has 1 aromatic rings. The molecule has 0 N–H and O–H groups in total. The van der Waals surface area contributed by atoms with Crippen molar-refractivity contribution in [3.05, 3.63) is 17.0 Å². The maximum Gasteiger partial charge on any atom is 0.274 e. The lowest BCUT2D eigenvalue weighted by atomic mass is 10.1. The third-order valence-electron chi connectivity index (χ3n) is 4.66. The topological polar surface area (TPSA) is 75.5 Å². The lowest BCUT2D eigenvalue weighted by Gasteiger charge is -2.27. The molecule has 3 heterocycles. The van der Waals surface area contributed by atoms with Crippen LogP contribution in [0.1, 0.15) is 47.9 Å². The van der Waals surface area contributed by atoms with Crippen LogP contribution in [0.3, 0.4) is 0 Å². The monoisotopic (exact) mass is 340 g/mol. The Morgan fingerprint density at radius 1 is 1.22 bits per heavy atom. The molecule has 1 amide bonds. The van der Waals surface area contributed by atoms with Crippen LogP contribution in [-0.2, 0) is 30.0 Å². The molecule has 0 saturated carbocycles. The van der Waals surface area contributed by atoms with Crippen molar-refractivity contribution in [1.82, 2.24) is 19.0 Å². The molecule has 8 heteroatoms. The van der Waals surface area contributed by atoms with E-state index in [-0.39, 0.29) is 18.2 Å². The highest BCUT2D eigenvalue weighted by Crippen LogP contribution is 2.26. The molecule has 0 aliphatic carbocycles. The fourth-order valence-electron chi connectivity index (χ4n) is 3.43. The molecule has 7 nitrogen and oxygen atoms in total. The Kier molecular flexibility index (Phi) is 4.46. The molecule has 0 atom stereocenters. The largest absolute Gasteiger partial charge is 0.337 e. The number of hydrogen-bond acceptors (Lipinski definition) is 4. The van der Waals surface area contributed by atoms with Crippen molar-refractivity contribution in [2.24, 2.45) is 7.05 Å². The van der Waals surface area contributed by atoms with Crippen molar-refractivity contribution in [2.45, 2.75) is 39.2 Å². The number of aryl methyl sites for hydroxylation is 1. The molecule has 1 saturated heterocycles. The van der Waals surface area contributed by atoms with Gasteiger partial charge in [0.2, 0.25) is 10.0 Å². The highest BCUT2D eigenvalue weighted by atomic mass is 32.2. The Morgan fingerprint density at radius 3 is 2.57 bits per heavy atom. The summed E-state index contributed by atoms with van der Waals surface area (Å²) in [4.78, 5) is 14.5.